The summed E-state index contributed by atoms with van der Waals surface area (Å²) < 4.78 is 0. The Morgan fingerprint density at radius 2 is 2.06 bits per heavy atom. The zero-order chi connectivity index (χ0) is 12.7. The fraction of sp³-hybridized carbons (Fsp3) is 0.188. The van der Waals surface area contributed by atoms with Crippen molar-refractivity contribution in [1.29, 1.82) is 0 Å². The molecule has 2 aromatic carbocycles. The highest BCUT2D eigenvalue weighted by Crippen LogP contribution is 2.38. The molecule has 0 amide bonds. The van der Waals surface area contributed by atoms with Gasteiger partial charge < -0.3 is 0 Å². The number of halogens is 1. The molecule has 0 aromatic heterocycles. The summed E-state index contributed by atoms with van der Waals surface area (Å²) >= 11 is 3.26. The van der Waals surface area contributed by atoms with E-state index in [4.69, 9.17) is 0 Å². The maximum Gasteiger partial charge on any atom is 0.173 e. The summed E-state index contributed by atoms with van der Waals surface area (Å²) in [6.07, 6.45) is 0.876. The van der Waals surface area contributed by atoms with Gasteiger partial charge in [0.1, 0.15) is 0 Å². The molecule has 0 saturated carbocycles. The molecule has 1 aliphatic rings. The van der Waals surface area contributed by atoms with E-state index in [1.165, 1.54) is 27.8 Å². The number of carbonyl (C=O) groups is 1. The van der Waals surface area contributed by atoms with Crippen LogP contribution in [-0.4, -0.2) is 11.1 Å². The lowest BCUT2D eigenvalue weighted by molar-refractivity contribution is 0.102. The van der Waals surface area contributed by atoms with Crippen LogP contribution in [0.25, 0.3) is 11.1 Å². The Bertz CT molecular complexity index is 644. The number of carbonyl (C=O) groups excluding carboxylic acids is 1. The van der Waals surface area contributed by atoms with Crippen LogP contribution in [0.3, 0.4) is 0 Å². The average Bonchev–Trinajstić information content (AvgIpc) is 2.74. The molecule has 0 bridgehead atoms. The third-order valence-electron chi connectivity index (χ3n) is 3.52. The predicted octanol–water partition coefficient (Wildman–Crippen LogP) is 4.14. The monoisotopic (exact) mass is 300 g/mol. The van der Waals surface area contributed by atoms with Crippen LogP contribution >= 0.6 is 15.9 Å². The van der Waals surface area contributed by atoms with E-state index < -0.39 is 0 Å². The van der Waals surface area contributed by atoms with Gasteiger partial charge in [-0.2, -0.15) is 0 Å². The minimum absolute atomic E-state index is 0.163. The van der Waals surface area contributed by atoms with E-state index in [0.717, 1.165) is 12.0 Å². The predicted molar refractivity (Wildman–Crippen MR) is 77.5 cm³/mol. The van der Waals surface area contributed by atoms with E-state index in [9.17, 15) is 4.79 Å². The van der Waals surface area contributed by atoms with E-state index in [2.05, 4.69) is 47.1 Å². The molecule has 2 heteroatoms. The number of ketones is 1. The maximum absolute atomic E-state index is 11.9. The molecule has 3 rings (SSSR count). The van der Waals surface area contributed by atoms with Crippen LogP contribution in [0.15, 0.2) is 36.4 Å². The van der Waals surface area contributed by atoms with Gasteiger partial charge in [-0.25, -0.2) is 0 Å². The topological polar surface area (TPSA) is 17.1 Å². The normalized spacial score (nSPS) is 12.1. The molecule has 0 saturated heterocycles. The van der Waals surface area contributed by atoms with Gasteiger partial charge in [-0.3, -0.25) is 4.79 Å². The minimum Gasteiger partial charge on any atom is -0.293 e. The lowest BCUT2D eigenvalue weighted by atomic mass is 9.99. The van der Waals surface area contributed by atoms with Crippen molar-refractivity contribution < 1.29 is 4.79 Å². The standard InChI is InChI=1S/C16H13BrO/c1-10-5-6-12-11(7-10)8-15-13(12)3-2-4-14(15)16(18)9-17/h2-7H,8-9H2,1H3. The number of benzene rings is 2. The second kappa shape index (κ2) is 4.36. The number of hydrogen-bond acceptors (Lipinski definition) is 1. The lowest BCUT2D eigenvalue weighted by Gasteiger charge is -2.05. The van der Waals surface area contributed by atoms with Gasteiger partial charge in [0.15, 0.2) is 5.78 Å². The summed E-state index contributed by atoms with van der Waals surface area (Å²) in [4.78, 5) is 11.9. The first-order chi connectivity index (χ1) is 8.70. The summed E-state index contributed by atoms with van der Waals surface area (Å²) in [6, 6.07) is 12.5. The van der Waals surface area contributed by atoms with Crippen LogP contribution in [0.5, 0.6) is 0 Å². The fourth-order valence-electron chi connectivity index (χ4n) is 2.68. The summed E-state index contributed by atoms with van der Waals surface area (Å²) in [6.45, 7) is 2.10. The van der Waals surface area contributed by atoms with E-state index in [-0.39, 0.29) is 5.78 Å². The van der Waals surface area contributed by atoms with Crippen LogP contribution < -0.4 is 0 Å². The van der Waals surface area contributed by atoms with Gasteiger partial charge in [0.25, 0.3) is 0 Å². The number of alkyl halides is 1. The Balaban J connectivity index is 2.19. The molecule has 1 nitrogen and oxygen atoms in total. The van der Waals surface area contributed by atoms with Gasteiger partial charge in [-0.05, 0) is 35.6 Å². The Labute approximate surface area is 115 Å². The summed E-state index contributed by atoms with van der Waals surface area (Å²) in [5.74, 6) is 0.163. The first-order valence-corrected chi connectivity index (χ1v) is 7.14. The third kappa shape index (κ3) is 1.72. The highest BCUT2D eigenvalue weighted by molar-refractivity contribution is 9.09. The van der Waals surface area contributed by atoms with Gasteiger partial charge in [0.05, 0.1) is 5.33 Å². The van der Waals surface area contributed by atoms with Crippen molar-refractivity contribution in [3.63, 3.8) is 0 Å². The largest absolute Gasteiger partial charge is 0.293 e. The first-order valence-electron chi connectivity index (χ1n) is 6.01. The Kier molecular flexibility index (Phi) is 2.83. The highest BCUT2D eigenvalue weighted by atomic mass is 79.9. The van der Waals surface area contributed by atoms with Crippen molar-refractivity contribution in [3.8, 4) is 11.1 Å². The SMILES string of the molecule is Cc1ccc2c(c1)Cc1c(C(=O)CBr)cccc1-2. The average molecular weight is 301 g/mol. The maximum atomic E-state index is 11.9. The molecule has 0 fully saturated rings. The van der Waals surface area contributed by atoms with Crippen molar-refractivity contribution in [2.45, 2.75) is 13.3 Å². The van der Waals surface area contributed by atoms with Gasteiger partial charge in [-0.1, -0.05) is 57.9 Å². The van der Waals surface area contributed by atoms with Crippen molar-refractivity contribution >= 4 is 21.7 Å². The molecule has 18 heavy (non-hydrogen) atoms. The molecular weight excluding hydrogens is 288 g/mol. The number of fused-ring (bicyclic) bond motifs is 3. The zero-order valence-electron chi connectivity index (χ0n) is 10.2. The Morgan fingerprint density at radius 3 is 2.83 bits per heavy atom. The first kappa shape index (κ1) is 11.7. The molecule has 0 heterocycles. The van der Waals surface area contributed by atoms with Gasteiger partial charge in [-0.15, -0.1) is 0 Å². The van der Waals surface area contributed by atoms with E-state index in [1.54, 1.807) is 0 Å². The van der Waals surface area contributed by atoms with Crippen molar-refractivity contribution in [1.82, 2.24) is 0 Å². The summed E-state index contributed by atoms with van der Waals surface area (Å²) in [7, 11) is 0. The van der Waals surface area contributed by atoms with Crippen LogP contribution in [0.1, 0.15) is 27.0 Å². The van der Waals surface area contributed by atoms with Crippen molar-refractivity contribution in [2.24, 2.45) is 0 Å². The molecule has 0 atom stereocenters. The number of aryl methyl sites for hydroxylation is 1. The zero-order valence-corrected chi connectivity index (χ0v) is 11.8. The quantitative estimate of drug-likeness (QED) is 0.513. The number of Topliss-reactive ketones (excluding diaryl/α,β-unsaturated/α-hetero) is 1. The van der Waals surface area contributed by atoms with Gasteiger partial charge >= 0.3 is 0 Å². The van der Waals surface area contributed by atoms with Gasteiger partial charge in [0, 0.05) is 5.56 Å². The van der Waals surface area contributed by atoms with Crippen molar-refractivity contribution in [3.05, 3.63) is 58.7 Å². The smallest absolute Gasteiger partial charge is 0.173 e. The molecule has 2 aromatic rings. The second-order valence-electron chi connectivity index (χ2n) is 4.73. The highest BCUT2D eigenvalue weighted by Gasteiger charge is 2.22. The van der Waals surface area contributed by atoms with Crippen molar-refractivity contribution in [2.75, 3.05) is 5.33 Å². The number of hydrogen-bond donors (Lipinski definition) is 0. The molecule has 0 N–H and O–H groups in total. The van der Waals surface area contributed by atoms with E-state index in [0.29, 0.717) is 5.33 Å². The molecular formula is C16H13BrO. The molecule has 90 valence electrons. The van der Waals surface area contributed by atoms with Crippen LogP contribution in [0.4, 0.5) is 0 Å². The van der Waals surface area contributed by atoms with Crippen LogP contribution in [0.2, 0.25) is 0 Å². The molecule has 0 aliphatic heterocycles. The van der Waals surface area contributed by atoms with Gasteiger partial charge in [0.2, 0.25) is 0 Å². The second-order valence-corrected chi connectivity index (χ2v) is 5.29. The summed E-state index contributed by atoms with van der Waals surface area (Å²) in [5, 5.41) is 0.388. The summed E-state index contributed by atoms with van der Waals surface area (Å²) in [5.41, 5.74) is 7.15. The molecule has 0 unspecified atom stereocenters. The van der Waals surface area contributed by atoms with E-state index >= 15 is 0 Å². The molecule has 1 aliphatic carbocycles. The molecule has 0 spiro atoms. The lowest BCUT2D eigenvalue weighted by Crippen LogP contribution is -2.04. The van der Waals surface area contributed by atoms with E-state index in [1.807, 2.05) is 12.1 Å². The molecule has 0 radical (unpaired) electrons. The minimum atomic E-state index is 0.163. The van der Waals surface area contributed by atoms with Crippen LogP contribution in [0, 0.1) is 6.92 Å². The Hall–Kier alpha value is -1.41. The fourth-order valence-corrected chi connectivity index (χ4v) is 2.99. The van der Waals surface area contributed by atoms with Crippen LogP contribution in [-0.2, 0) is 6.42 Å². The number of rotatable bonds is 2. The Morgan fingerprint density at radius 1 is 1.22 bits per heavy atom. The third-order valence-corrected chi connectivity index (χ3v) is 4.03.